The Labute approximate surface area is 122 Å². The van der Waals surface area contributed by atoms with E-state index in [1.165, 1.54) is 19.2 Å². The van der Waals surface area contributed by atoms with Crippen molar-refractivity contribution in [2.45, 2.75) is 25.9 Å². The molecule has 0 aromatic heterocycles. The molecule has 1 aliphatic rings. The number of nitro groups is 1. The molecular formula is C14H18N2O5. The molecule has 0 spiro atoms. The highest BCUT2D eigenvalue weighted by atomic mass is 16.6. The van der Waals surface area contributed by atoms with E-state index in [-0.39, 0.29) is 17.3 Å². The lowest BCUT2D eigenvalue weighted by molar-refractivity contribution is -0.386. The minimum absolute atomic E-state index is 0.0702. The average Bonchev–Trinajstić information content (AvgIpc) is 3.00. The van der Waals surface area contributed by atoms with Gasteiger partial charge in [-0.1, -0.05) is 0 Å². The highest BCUT2D eigenvalue weighted by molar-refractivity contribution is 5.81. The number of rotatable bonds is 5. The maximum atomic E-state index is 12.2. The van der Waals surface area contributed by atoms with E-state index in [0.717, 1.165) is 25.9 Å². The van der Waals surface area contributed by atoms with E-state index in [9.17, 15) is 14.9 Å². The molecule has 1 atom stereocenters. The summed E-state index contributed by atoms with van der Waals surface area (Å²) in [5.41, 5.74) is -0.213. The SMILES string of the molecule is COc1ccc(OC(C)C(=O)N2CCCC2)c([N+](=O)[O-])c1. The fraction of sp³-hybridized carbons (Fsp3) is 0.500. The second-order valence-electron chi connectivity index (χ2n) is 4.88. The molecule has 1 saturated heterocycles. The van der Waals surface area contributed by atoms with Crippen LogP contribution >= 0.6 is 0 Å². The number of ether oxygens (including phenoxy) is 2. The molecule has 21 heavy (non-hydrogen) atoms. The Morgan fingerprint density at radius 3 is 2.62 bits per heavy atom. The van der Waals surface area contributed by atoms with Crippen LogP contribution < -0.4 is 9.47 Å². The van der Waals surface area contributed by atoms with Crippen molar-refractivity contribution in [3.05, 3.63) is 28.3 Å². The average molecular weight is 294 g/mol. The molecule has 1 aromatic rings. The van der Waals surface area contributed by atoms with Gasteiger partial charge in [0.15, 0.2) is 11.9 Å². The number of benzene rings is 1. The highest BCUT2D eigenvalue weighted by Gasteiger charge is 2.27. The lowest BCUT2D eigenvalue weighted by Crippen LogP contribution is -2.38. The molecule has 7 nitrogen and oxygen atoms in total. The van der Waals surface area contributed by atoms with E-state index >= 15 is 0 Å². The third-order valence-corrected chi connectivity index (χ3v) is 3.43. The van der Waals surface area contributed by atoms with E-state index in [1.54, 1.807) is 17.9 Å². The monoisotopic (exact) mass is 294 g/mol. The second-order valence-corrected chi connectivity index (χ2v) is 4.88. The van der Waals surface area contributed by atoms with Gasteiger partial charge in [0.25, 0.3) is 5.91 Å². The molecule has 1 amide bonds. The van der Waals surface area contributed by atoms with Gasteiger partial charge in [-0.3, -0.25) is 14.9 Å². The molecule has 0 saturated carbocycles. The van der Waals surface area contributed by atoms with Gasteiger partial charge in [-0.05, 0) is 31.9 Å². The Bertz CT molecular complexity index is 540. The number of nitrogens with zero attached hydrogens (tertiary/aromatic N) is 2. The summed E-state index contributed by atoms with van der Waals surface area (Å²) in [6.45, 7) is 3.04. The summed E-state index contributed by atoms with van der Waals surface area (Å²) in [7, 11) is 1.43. The summed E-state index contributed by atoms with van der Waals surface area (Å²) in [6.07, 6.45) is 1.22. The molecule has 1 heterocycles. The van der Waals surface area contributed by atoms with Gasteiger partial charge in [0.1, 0.15) is 5.75 Å². The molecule has 1 fully saturated rings. The number of amides is 1. The molecule has 1 unspecified atom stereocenters. The normalized spacial score (nSPS) is 15.6. The maximum Gasteiger partial charge on any atom is 0.314 e. The zero-order valence-corrected chi connectivity index (χ0v) is 12.1. The molecule has 1 aliphatic heterocycles. The zero-order valence-electron chi connectivity index (χ0n) is 12.1. The van der Waals surface area contributed by atoms with E-state index in [0.29, 0.717) is 5.75 Å². The van der Waals surface area contributed by atoms with Crippen LogP contribution in [-0.4, -0.2) is 42.0 Å². The van der Waals surface area contributed by atoms with Crippen molar-refractivity contribution in [3.63, 3.8) is 0 Å². The fourth-order valence-electron chi connectivity index (χ4n) is 2.30. The third-order valence-electron chi connectivity index (χ3n) is 3.43. The van der Waals surface area contributed by atoms with Crippen LogP contribution in [0, 0.1) is 10.1 Å². The molecule has 0 N–H and O–H groups in total. The van der Waals surface area contributed by atoms with Crippen LogP contribution in [0.15, 0.2) is 18.2 Å². The van der Waals surface area contributed by atoms with Crippen molar-refractivity contribution >= 4 is 11.6 Å². The first-order chi connectivity index (χ1) is 10.0. The number of carbonyl (C=O) groups is 1. The number of hydrogen-bond donors (Lipinski definition) is 0. The molecule has 2 rings (SSSR count). The van der Waals surface area contributed by atoms with Crippen molar-refractivity contribution in [1.29, 1.82) is 0 Å². The van der Waals surface area contributed by atoms with Gasteiger partial charge < -0.3 is 14.4 Å². The number of carbonyl (C=O) groups excluding carboxylic acids is 1. The molecule has 7 heteroatoms. The van der Waals surface area contributed by atoms with Crippen LogP contribution in [0.25, 0.3) is 0 Å². The Morgan fingerprint density at radius 1 is 1.38 bits per heavy atom. The van der Waals surface area contributed by atoms with Gasteiger partial charge in [0.2, 0.25) is 0 Å². The summed E-state index contributed by atoms with van der Waals surface area (Å²) in [4.78, 5) is 24.4. The van der Waals surface area contributed by atoms with Crippen molar-refractivity contribution in [2.75, 3.05) is 20.2 Å². The number of likely N-dealkylation sites (tertiary alicyclic amines) is 1. The van der Waals surface area contributed by atoms with Gasteiger partial charge in [0, 0.05) is 13.1 Å². The van der Waals surface area contributed by atoms with Crippen LogP contribution in [0.3, 0.4) is 0 Å². The largest absolute Gasteiger partial charge is 0.496 e. The first-order valence-corrected chi connectivity index (χ1v) is 6.81. The number of nitro benzene ring substituents is 1. The fourth-order valence-corrected chi connectivity index (χ4v) is 2.30. The Balaban J connectivity index is 2.14. The van der Waals surface area contributed by atoms with Crippen LogP contribution in [-0.2, 0) is 4.79 Å². The van der Waals surface area contributed by atoms with Gasteiger partial charge >= 0.3 is 5.69 Å². The summed E-state index contributed by atoms with van der Waals surface area (Å²) >= 11 is 0. The Kier molecular flexibility index (Phi) is 4.62. The maximum absolute atomic E-state index is 12.2. The molecule has 1 aromatic carbocycles. The number of hydrogen-bond acceptors (Lipinski definition) is 5. The van der Waals surface area contributed by atoms with E-state index in [4.69, 9.17) is 9.47 Å². The lowest BCUT2D eigenvalue weighted by atomic mass is 10.2. The molecule has 0 aliphatic carbocycles. The van der Waals surface area contributed by atoms with Gasteiger partial charge in [-0.2, -0.15) is 0 Å². The van der Waals surface area contributed by atoms with E-state index in [2.05, 4.69) is 0 Å². The second kappa shape index (κ2) is 6.43. The Hall–Kier alpha value is -2.31. The highest BCUT2D eigenvalue weighted by Crippen LogP contribution is 2.32. The van der Waals surface area contributed by atoms with E-state index in [1.807, 2.05) is 0 Å². The van der Waals surface area contributed by atoms with Crippen molar-refractivity contribution < 1.29 is 19.2 Å². The minimum atomic E-state index is -0.754. The van der Waals surface area contributed by atoms with Gasteiger partial charge in [-0.15, -0.1) is 0 Å². The molecule has 0 radical (unpaired) electrons. The first-order valence-electron chi connectivity index (χ1n) is 6.81. The Morgan fingerprint density at radius 2 is 2.05 bits per heavy atom. The summed E-state index contributed by atoms with van der Waals surface area (Å²) in [6, 6.07) is 4.29. The predicted molar refractivity (Wildman–Crippen MR) is 75.6 cm³/mol. The van der Waals surface area contributed by atoms with Crippen molar-refractivity contribution in [1.82, 2.24) is 4.90 Å². The van der Waals surface area contributed by atoms with Crippen LogP contribution in [0.5, 0.6) is 11.5 Å². The quantitative estimate of drug-likeness (QED) is 0.612. The topological polar surface area (TPSA) is 81.9 Å². The van der Waals surface area contributed by atoms with Gasteiger partial charge in [0.05, 0.1) is 18.1 Å². The van der Waals surface area contributed by atoms with Gasteiger partial charge in [-0.25, -0.2) is 0 Å². The summed E-state index contributed by atoms with van der Waals surface area (Å²) in [5.74, 6) is 0.297. The first kappa shape index (κ1) is 15.1. The summed E-state index contributed by atoms with van der Waals surface area (Å²) in [5, 5.41) is 11.1. The van der Waals surface area contributed by atoms with Crippen molar-refractivity contribution in [3.8, 4) is 11.5 Å². The predicted octanol–water partition coefficient (Wildman–Crippen LogP) is 1.99. The third kappa shape index (κ3) is 3.42. The van der Waals surface area contributed by atoms with E-state index < -0.39 is 11.0 Å². The standard InChI is InChI=1S/C14H18N2O5/c1-10(14(17)15-7-3-4-8-15)21-13-6-5-11(20-2)9-12(13)16(18)19/h5-6,9-10H,3-4,7-8H2,1-2H3. The van der Waals surface area contributed by atoms with Crippen LogP contribution in [0.4, 0.5) is 5.69 Å². The molecule has 114 valence electrons. The minimum Gasteiger partial charge on any atom is -0.496 e. The van der Waals surface area contributed by atoms with Crippen molar-refractivity contribution in [2.24, 2.45) is 0 Å². The molecule has 0 bridgehead atoms. The summed E-state index contributed by atoms with van der Waals surface area (Å²) < 4.78 is 10.5. The smallest absolute Gasteiger partial charge is 0.314 e. The van der Waals surface area contributed by atoms with Crippen LogP contribution in [0.1, 0.15) is 19.8 Å². The molecular weight excluding hydrogens is 276 g/mol. The number of methoxy groups -OCH3 is 1. The van der Waals surface area contributed by atoms with Crippen LogP contribution in [0.2, 0.25) is 0 Å². The lowest BCUT2D eigenvalue weighted by Gasteiger charge is -2.21. The zero-order chi connectivity index (χ0) is 15.4.